The number of alkyl carbamates (subject to hydrolysis) is 1. The summed E-state index contributed by atoms with van der Waals surface area (Å²) in [7, 11) is 0. The van der Waals surface area contributed by atoms with E-state index in [9.17, 15) is 4.79 Å². The molecule has 1 aliphatic carbocycles. The second-order valence-corrected chi connectivity index (χ2v) is 8.29. The number of fused-ring (bicyclic) bond motifs is 3. The SMILES string of the molecule is CC1(NC(=O)OC(C)(C)C)CCc2[nH]c3nc(Br)ccc3c2C1. The van der Waals surface area contributed by atoms with Gasteiger partial charge < -0.3 is 15.0 Å². The molecule has 1 unspecified atom stereocenters. The topological polar surface area (TPSA) is 67.0 Å². The van der Waals surface area contributed by atoms with Crippen LogP contribution in [0.25, 0.3) is 11.0 Å². The fraction of sp³-hybridized carbons (Fsp3) is 0.529. The van der Waals surface area contributed by atoms with Gasteiger partial charge in [0.1, 0.15) is 15.9 Å². The van der Waals surface area contributed by atoms with E-state index in [1.54, 1.807) is 0 Å². The number of aromatic amines is 1. The Balaban J connectivity index is 1.84. The second-order valence-electron chi connectivity index (χ2n) is 7.48. The first-order valence-corrected chi connectivity index (χ1v) is 8.62. The van der Waals surface area contributed by atoms with Crippen molar-refractivity contribution in [1.29, 1.82) is 0 Å². The molecular weight excluding hydrogens is 358 g/mol. The van der Waals surface area contributed by atoms with E-state index < -0.39 is 5.60 Å². The monoisotopic (exact) mass is 379 g/mol. The van der Waals surface area contributed by atoms with Crippen LogP contribution in [0, 0.1) is 0 Å². The van der Waals surface area contributed by atoms with Crippen molar-refractivity contribution in [3.8, 4) is 0 Å². The maximum atomic E-state index is 12.1. The van der Waals surface area contributed by atoms with E-state index in [2.05, 4.69) is 44.2 Å². The number of carbonyl (C=O) groups excluding carboxylic acids is 1. The van der Waals surface area contributed by atoms with Crippen molar-refractivity contribution >= 4 is 33.1 Å². The highest BCUT2D eigenvalue weighted by molar-refractivity contribution is 9.10. The van der Waals surface area contributed by atoms with Crippen LogP contribution in [0.5, 0.6) is 0 Å². The first-order chi connectivity index (χ1) is 10.7. The Morgan fingerprint density at radius 1 is 1.43 bits per heavy atom. The molecule has 0 aliphatic heterocycles. The van der Waals surface area contributed by atoms with E-state index in [1.165, 1.54) is 11.3 Å². The summed E-state index contributed by atoms with van der Waals surface area (Å²) in [6.07, 6.45) is 2.16. The molecule has 1 atom stereocenters. The van der Waals surface area contributed by atoms with Crippen molar-refractivity contribution in [2.45, 2.75) is 58.1 Å². The minimum Gasteiger partial charge on any atom is -0.444 e. The molecule has 0 spiro atoms. The number of hydrogen-bond donors (Lipinski definition) is 2. The predicted octanol–water partition coefficient (Wildman–Crippen LogP) is 4.10. The van der Waals surface area contributed by atoms with Crippen molar-refractivity contribution < 1.29 is 9.53 Å². The van der Waals surface area contributed by atoms with E-state index >= 15 is 0 Å². The van der Waals surface area contributed by atoms with Crippen LogP contribution in [0.15, 0.2) is 16.7 Å². The fourth-order valence-corrected chi connectivity index (χ4v) is 3.42. The lowest BCUT2D eigenvalue weighted by Crippen LogP contribution is -2.51. The van der Waals surface area contributed by atoms with Crippen molar-refractivity contribution in [2.24, 2.45) is 0 Å². The molecule has 2 aromatic heterocycles. The Kier molecular flexibility index (Phi) is 3.91. The molecule has 2 aromatic rings. The lowest BCUT2D eigenvalue weighted by atomic mass is 9.81. The maximum Gasteiger partial charge on any atom is 0.408 e. The van der Waals surface area contributed by atoms with Gasteiger partial charge in [-0.3, -0.25) is 0 Å². The molecule has 0 aromatic carbocycles. The second kappa shape index (κ2) is 5.51. The molecule has 0 saturated carbocycles. The number of pyridine rings is 1. The summed E-state index contributed by atoms with van der Waals surface area (Å²) < 4.78 is 6.22. The summed E-state index contributed by atoms with van der Waals surface area (Å²) in [6.45, 7) is 7.69. The zero-order valence-electron chi connectivity index (χ0n) is 13.9. The summed E-state index contributed by atoms with van der Waals surface area (Å²) in [4.78, 5) is 20.0. The largest absolute Gasteiger partial charge is 0.444 e. The zero-order valence-corrected chi connectivity index (χ0v) is 15.5. The molecule has 0 saturated heterocycles. The smallest absolute Gasteiger partial charge is 0.408 e. The normalized spacial score (nSPS) is 21.1. The Hall–Kier alpha value is -1.56. The van der Waals surface area contributed by atoms with Crippen molar-refractivity contribution in [3.63, 3.8) is 0 Å². The number of H-pyrrole nitrogens is 1. The Labute approximate surface area is 144 Å². The Bertz CT molecular complexity index is 763. The molecule has 6 heteroatoms. The van der Waals surface area contributed by atoms with Gasteiger partial charge in [-0.05, 0) is 80.6 Å². The van der Waals surface area contributed by atoms with Gasteiger partial charge in [0, 0.05) is 16.6 Å². The van der Waals surface area contributed by atoms with Gasteiger partial charge in [-0.2, -0.15) is 0 Å². The number of nitrogens with one attached hydrogen (secondary N) is 2. The number of amides is 1. The van der Waals surface area contributed by atoms with Crippen LogP contribution in [0.4, 0.5) is 4.79 Å². The number of aromatic nitrogens is 2. The molecule has 0 bridgehead atoms. The average molecular weight is 380 g/mol. The Morgan fingerprint density at radius 3 is 2.87 bits per heavy atom. The Morgan fingerprint density at radius 2 is 2.17 bits per heavy atom. The van der Waals surface area contributed by atoms with E-state index in [0.29, 0.717) is 0 Å². The fourth-order valence-electron chi connectivity index (χ4n) is 3.11. The molecule has 2 N–H and O–H groups in total. The number of halogens is 1. The standard InChI is InChI=1S/C17H22BrN3O2/c1-16(2,3)23-15(22)21-17(4)8-7-12-11(9-17)10-5-6-13(18)20-14(10)19-12/h5-6H,7-9H2,1-4H3,(H,19,20)(H,21,22). The highest BCUT2D eigenvalue weighted by atomic mass is 79.9. The van der Waals surface area contributed by atoms with E-state index in [0.717, 1.165) is 34.9 Å². The number of nitrogens with zero attached hydrogens (tertiary/aromatic N) is 1. The molecule has 2 heterocycles. The van der Waals surface area contributed by atoms with Crippen LogP contribution in [0.3, 0.4) is 0 Å². The van der Waals surface area contributed by atoms with E-state index in [1.807, 2.05) is 26.8 Å². The van der Waals surface area contributed by atoms with Gasteiger partial charge in [-0.15, -0.1) is 0 Å². The molecule has 1 aliphatic rings. The van der Waals surface area contributed by atoms with Crippen LogP contribution >= 0.6 is 15.9 Å². The van der Waals surface area contributed by atoms with Crippen LogP contribution < -0.4 is 5.32 Å². The first-order valence-electron chi connectivity index (χ1n) is 7.82. The third-order valence-corrected chi connectivity index (χ3v) is 4.56. The number of rotatable bonds is 1. The number of carbonyl (C=O) groups is 1. The van der Waals surface area contributed by atoms with E-state index in [4.69, 9.17) is 4.74 Å². The van der Waals surface area contributed by atoms with Gasteiger partial charge in [0.2, 0.25) is 0 Å². The third kappa shape index (κ3) is 3.52. The number of ether oxygens (including phenoxy) is 1. The quantitative estimate of drug-likeness (QED) is 0.732. The summed E-state index contributed by atoms with van der Waals surface area (Å²) in [5, 5.41) is 4.18. The molecule has 124 valence electrons. The maximum absolute atomic E-state index is 12.1. The molecule has 23 heavy (non-hydrogen) atoms. The summed E-state index contributed by atoms with van der Waals surface area (Å²) in [6, 6.07) is 4.02. The minimum atomic E-state index is -0.489. The van der Waals surface area contributed by atoms with Crippen LogP contribution in [-0.2, 0) is 17.6 Å². The highest BCUT2D eigenvalue weighted by Gasteiger charge is 2.34. The lowest BCUT2D eigenvalue weighted by molar-refractivity contribution is 0.0455. The molecule has 0 radical (unpaired) electrons. The van der Waals surface area contributed by atoms with Gasteiger partial charge in [-0.25, -0.2) is 9.78 Å². The molecule has 5 nitrogen and oxygen atoms in total. The summed E-state index contributed by atoms with van der Waals surface area (Å²) in [5.41, 5.74) is 2.55. The van der Waals surface area contributed by atoms with Crippen LogP contribution in [0.1, 0.15) is 45.4 Å². The van der Waals surface area contributed by atoms with E-state index in [-0.39, 0.29) is 11.6 Å². The summed E-state index contributed by atoms with van der Waals surface area (Å²) in [5.74, 6) is 0. The lowest BCUT2D eigenvalue weighted by Gasteiger charge is -2.35. The van der Waals surface area contributed by atoms with Gasteiger partial charge >= 0.3 is 6.09 Å². The third-order valence-electron chi connectivity index (χ3n) is 4.12. The molecular formula is C17H22BrN3O2. The first kappa shape index (κ1) is 16.3. The van der Waals surface area contributed by atoms with Crippen LogP contribution in [-0.4, -0.2) is 27.2 Å². The highest BCUT2D eigenvalue weighted by Crippen LogP contribution is 2.34. The molecule has 0 fully saturated rings. The predicted molar refractivity (Wildman–Crippen MR) is 93.6 cm³/mol. The number of hydrogen-bond acceptors (Lipinski definition) is 3. The van der Waals surface area contributed by atoms with Gasteiger partial charge in [0.25, 0.3) is 0 Å². The van der Waals surface area contributed by atoms with Crippen molar-refractivity contribution in [3.05, 3.63) is 28.0 Å². The van der Waals surface area contributed by atoms with Crippen molar-refractivity contribution in [1.82, 2.24) is 15.3 Å². The van der Waals surface area contributed by atoms with Gasteiger partial charge in [0.05, 0.1) is 0 Å². The molecule has 1 amide bonds. The zero-order chi connectivity index (χ0) is 16.8. The van der Waals surface area contributed by atoms with Gasteiger partial charge in [-0.1, -0.05) is 0 Å². The summed E-state index contributed by atoms with van der Waals surface area (Å²) >= 11 is 3.40. The minimum absolute atomic E-state index is 0.308. The average Bonchev–Trinajstić information content (AvgIpc) is 2.72. The number of aryl methyl sites for hydroxylation is 1. The van der Waals surface area contributed by atoms with Gasteiger partial charge in [0.15, 0.2) is 0 Å². The molecule has 3 rings (SSSR count). The van der Waals surface area contributed by atoms with Crippen molar-refractivity contribution in [2.75, 3.05) is 0 Å². The van der Waals surface area contributed by atoms with Crippen LogP contribution in [0.2, 0.25) is 0 Å².